The zero-order chi connectivity index (χ0) is 23.3. The average Bonchev–Trinajstić information content (AvgIpc) is 2.69. The van der Waals surface area contributed by atoms with E-state index in [0.717, 1.165) is 38.0 Å². The molecule has 0 fully saturated rings. The van der Waals surface area contributed by atoms with Gasteiger partial charge in [0.05, 0.1) is 0 Å². The molecule has 2 amide bonds. The van der Waals surface area contributed by atoms with Crippen LogP contribution in [0.15, 0.2) is 30.3 Å². The number of rotatable bonds is 13. The van der Waals surface area contributed by atoms with Crippen molar-refractivity contribution in [2.75, 3.05) is 26.2 Å². The van der Waals surface area contributed by atoms with Crippen molar-refractivity contribution in [2.24, 2.45) is 0 Å². The highest BCUT2D eigenvalue weighted by molar-refractivity contribution is 5.99. The van der Waals surface area contributed by atoms with E-state index in [1.54, 1.807) is 0 Å². The van der Waals surface area contributed by atoms with Crippen LogP contribution in [-0.4, -0.2) is 65.9 Å². The molecule has 0 aromatic heterocycles. The lowest BCUT2D eigenvalue weighted by molar-refractivity contribution is -0.148. The van der Waals surface area contributed by atoms with Gasteiger partial charge < -0.3 is 20.5 Å². The van der Waals surface area contributed by atoms with Crippen LogP contribution in [0.5, 0.6) is 0 Å². The van der Waals surface area contributed by atoms with Crippen LogP contribution >= 0.6 is 0 Å². The summed E-state index contributed by atoms with van der Waals surface area (Å²) in [5.74, 6) is -2.91. The van der Waals surface area contributed by atoms with Gasteiger partial charge in [-0.05, 0) is 52.1 Å². The number of alkyl carbamates (subject to hydrolysis) is 1. The van der Waals surface area contributed by atoms with Gasteiger partial charge in [0.1, 0.15) is 5.60 Å². The molecular weight excluding hydrogens is 405 g/mol. The minimum absolute atomic E-state index is 0.214. The third-order valence-corrected chi connectivity index (χ3v) is 4.22. The normalized spacial score (nSPS) is 12.3. The topological polar surface area (TPSA) is 108 Å². The molecule has 0 saturated carbocycles. The number of carboxylic acid groups (broad SMARTS) is 1. The molecule has 3 N–H and O–H groups in total. The maximum atomic E-state index is 13.1. The van der Waals surface area contributed by atoms with Crippen molar-refractivity contribution < 1.29 is 28.6 Å². The standard InChI is InChI=1S/C22H34FN3O5/c1-22(2,3)31-21(30)25-13-9-15-26(16-17-10-5-4-6-11-17)14-8-7-12-24-19(27)18(23)20(28)29/h4-6,10-11,18H,7-9,12-16H2,1-3H3,(H,24,27)(H,25,30)(H,28,29). The van der Waals surface area contributed by atoms with Crippen molar-refractivity contribution in [1.29, 1.82) is 0 Å². The number of benzene rings is 1. The van der Waals surface area contributed by atoms with E-state index >= 15 is 0 Å². The van der Waals surface area contributed by atoms with Gasteiger partial charge in [0.15, 0.2) is 0 Å². The number of amides is 2. The monoisotopic (exact) mass is 439 g/mol. The summed E-state index contributed by atoms with van der Waals surface area (Å²) >= 11 is 0. The first-order chi connectivity index (χ1) is 14.6. The van der Waals surface area contributed by atoms with E-state index in [1.807, 2.05) is 51.1 Å². The summed E-state index contributed by atoms with van der Waals surface area (Å²) in [6, 6.07) is 9.99. The number of nitrogens with one attached hydrogen (secondary N) is 2. The number of ether oxygens (including phenoxy) is 1. The van der Waals surface area contributed by atoms with Crippen molar-refractivity contribution in [2.45, 2.75) is 58.4 Å². The Balaban J connectivity index is 2.40. The second-order valence-electron chi connectivity index (χ2n) is 8.24. The van der Waals surface area contributed by atoms with Crippen molar-refractivity contribution in [3.63, 3.8) is 0 Å². The highest BCUT2D eigenvalue weighted by Crippen LogP contribution is 2.08. The predicted molar refractivity (Wildman–Crippen MR) is 115 cm³/mol. The molecule has 0 spiro atoms. The molecular formula is C22H34FN3O5. The van der Waals surface area contributed by atoms with E-state index in [9.17, 15) is 18.8 Å². The smallest absolute Gasteiger partial charge is 0.407 e. The molecule has 1 atom stereocenters. The molecule has 1 aromatic rings. The van der Waals surface area contributed by atoms with Gasteiger partial charge in [0.2, 0.25) is 0 Å². The first kappa shape index (κ1) is 26.4. The number of carboxylic acids is 1. The van der Waals surface area contributed by atoms with E-state index < -0.39 is 29.7 Å². The summed E-state index contributed by atoms with van der Waals surface area (Å²) in [6.07, 6.45) is -0.890. The van der Waals surface area contributed by atoms with Crippen molar-refractivity contribution >= 4 is 18.0 Å². The number of nitrogens with zero attached hydrogens (tertiary/aromatic N) is 1. The summed E-state index contributed by atoms with van der Waals surface area (Å²) in [7, 11) is 0. The second-order valence-corrected chi connectivity index (χ2v) is 8.24. The third-order valence-electron chi connectivity index (χ3n) is 4.22. The average molecular weight is 440 g/mol. The molecule has 174 valence electrons. The summed E-state index contributed by atoms with van der Waals surface area (Å²) in [6.45, 7) is 8.38. The largest absolute Gasteiger partial charge is 0.479 e. The van der Waals surface area contributed by atoms with Crippen LogP contribution in [-0.2, 0) is 20.9 Å². The lowest BCUT2D eigenvalue weighted by atomic mass is 10.2. The zero-order valence-electron chi connectivity index (χ0n) is 18.5. The molecule has 1 unspecified atom stereocenters. The molecule has 8 nitrogen and oxygen atoms in total. The summed E-state index contributed by atoms with van der Waals surface area (Å²) in [5.41, 5.74) is 0.628. The summed E-state index contributed by atoms with van der Waals surface area (Å²) in [5, 5.41) is 13.5. The van der Waals surface area contributed by atoms with Crippen LogP contribution < -0.4 is 10.6 Å². The van der Waals surface area contributed by atoms with Crippen LogP contribution in [0.1, 0.15) is 45.6 Å². The van der Waals surface area contributed by atoms with Gasteiger partial charge in [-0.1, -0.05) is 30.3 Å². The van der Waals surface area contributed by atoms with Crippen LogP contribution in [0.25, 0.3) is 0 Å². The summed E-state index contributed by atoms with van der Waals surface area (Å²) < 4.78 is 18.3. The Kier molecular flexibility index (Phi) is 11.6. The summed E-state index contributed by atoms with van der Waals surface area (Å²) in [4.78, 5) is 35.7. The van der Waals surface area contributed by atoms with Gasteiger partial charge >= 0.3 is 12.1 Å². The van der Waals surface area contributed by atoms with E-state index in [0.29, 0.717) is 13.0 Å². The molecule has 9 heteroatoms. The van der Waals surface area contributed by atoms with Crippen LogP contribution in [0, 0.1) is 0 Å². The Hall–Kier alpha value is -2.68. The van der Waals surface area contributed by atoms with Crippen molar-refractivity contribution in [1.82, 2.24) is 15.5 Å². The fourth-order valence-electron chi connectivity index (χ4n) is 2.79. The number of halogens is 1. The molecule has 1 aromatic carbocycles. The molecule has 0 aliphatic heterocycles. The molecule has 0 radical (unpaired) electrons. The maximum absolute atomic E-state index is 13.1. The highest BCUT2D eigenvalue weighted by atomic mass is 19.1. The van der Waals surface area contributed by atoms with Gasteiger partial charge in [0.25, 0.3) is 12.1 Å². The fraction of sp³-hybridized carbons (Fsp3) is 0.591. The van der Waals surface area contributed by atoms with Crippen LogP contribution in [0.2, 0.25) is 0 Å². The van der Waals surface area contributed by atoms with Crippen molar-refractivity contribution in [3.05, 3.63) is 35.9 Å². The Labute approximate surface area is 183 Å². The second kappa shape index (κ2) is 13.6. The Morgan fingerprint density at radius 3 is 2.26 bits per heavy atom. The third kappa shape index (κ3) is 12.6. The number of carbonyl (C=O) groups is 3. The zero-order valence-corrected chi connectivity index (χ0v) is 18.5. The Bertz CT molecular complexity index is 694. The minimum Gasteiger partial charge on any atom is -0.479 e. The van der Waals surface area contributed by atoms with E-state index in [1.165, 1.54) is 0 Å². The minimum atomic E-state index is -2.54. The lowest BCUT2D eigenvalue weighted by Gasteiger charge is -2.23. The van der Waals surface area contributed by atoms with Gasteiger partial charge in [-0.3, -0.25) is 9.69 Å². The fourth-order valence-corrected chi connectivity index (χ4v) is 2.79. The lowest BCUT2D eigenvalue weighted by Crippen LogP contribution is -2.37. The number of unbranched alkanes of at least 4 members (excludes halogenated alkanes) is 1. The maximum Gasteiger partial charge on any atom is 0.407 e. The SMILES string of the molecule is CC(C)(C)OC(=O)NCCCN(CCCCNC(=O)C(F)C(=O)O)Cc1ccccc1. The molecule has 0 bridgehead atoms. The highest BCUT2D eigenvalue weighted by Gasteiger charge is 2.24. The van der Waals surface area contributed by atoms with E-state index in [2.05, 4.69) is 15.5 Å². The van der Waals surface area contributed by atoms with Gasteiger partial charge in [0, 0.05) is 26.2 Å². The first-order valence-electron chi connectivity index (χ1n) is 10.5. The number of aliphatic carboxylic acids is 1. The number of hydrogen-bond acceptors (Lipinski definition) is 5. The Morgan fingerprint density at radius 1 is 1.03 bits per heavy atom. The quantitative estimate of drug-likeness (QED) is 0.322. The van der Waals surface area contributed by atoms with E-state index in [4.69, 9.17) is 9.84 Å². The number of hydrogen-bond donors (Lipinski definition) is 3. The number of carbonyl (C=O) groups excluding carboxylic acids is 2. The molecule has 0 aliphatic rings. The van der Waals surface area contributed by atoms with Gasteiger partial charge in [-0.25, -0.2) is 14.0 Å². The van der Waals surface area contributed by atoms with E-state index in [-0.39, 0.29) is 6.54 Å². The van der Waals surface area contributed by atoms with Crippen LogP contribution in [0.4, 0.5) is 9.18 Å². The predicted octanol–water partition coefficient (Wildman–Crippen LogP) is 2.72. The molecule has 1 rings (SSSR count). The van der Waals surface area contributed by atoms with Crippen LogP contribution in [0.3, 0.4) is 0 Å². The first-order valence-corrected chi connectivity index (χ1v) is 10.5. The molecule has 0 aliphatic carbocycles. The van der Waals surface area contributed by atoms with Gasteiger partial charge in [-0.2, -0.15) is 0 Å². The molecule has 0 saturated heterocycles. The molecule has 0 heterocycles. The number of alkyl halides is 1. The Morgan fingerprint density at radius 2 is 1.65 bits per heavy atom. The van der Waals surface area contributed by atoms with Crippen molar-refractivity contribution in [3.8, 4) is 0 Å². The molecule has 31 heavy (non-hydrogen) atoms. The van der Waals surface area contributed by atoms with Gasteiger partial charge in [-0.15, -0.1) is 0 Å².